The zero-order valence-corrected chi connectivity index (χ0v) is 10.7. The number of fused-ring (bicyclic) bond motifs is 1. The first-order valence-electron chi connectivity index (χ1n) is 6.30. The van der Waals surface area contributed by atoms with Crippen molar-refractivity contribution in [2.24, 2.45) is 0 Å². The number of hydrogen-bond donors (Lipinski definition) is 2. The number of pyridine rings is 1. The molecular weight excluding hydrogens is 250 g/mol. The number of carbonyl (C=O) groups excluding carboxylic acids is 1. The Hall–Kier alpha value is -2.88. The van der Waals surface area contributed by atoms with Crippen LogP contribution in [-0.2, 0) is 0 Å². The lowest BCUT2D eigenvalue weighted by Crippen LogP contribution is -2.30. The number of amides is 1. The first kappa shape index (κ1) is 12.2. The summed E-state index contributed by atoms with van der Waals surface area (Å²) >= 11 is 0. The molecule has 1 heterocycles. The third-order valence-corrected chi connectivity index (χ3v) is 3.00. The monoisotopic (exact) mass is 263 g/mol. The lowest BCUT2D eigenvalue weighted by Gasteiger charge is -2.10. The number of carbonyl (C=O) groups is 1. The largest absolute Gasteiger partial charge is 0.298 e. The number of rotatable bonds is 3. The van der Waals surface area contributed by atoms with Crippen LogP contribution in [0.1, 0.15) is 10.5 Å². The highest BCUT2D eigenvalue weighted by Gasteiger charge is 2.06. The fourth-order valence-electron chi connectivity index (χ4n) is 2.02. The lowest BCUT2D eigenvalue weighted by atomic mass is 10.1. The molecule has 0 bridgehead atoms. The number of hydrogen-bond acceptors (Lipinski definition) is 3. The van der Waals surface area contributed by atoms with Crippen LogP contribution in [0.4, 0.5) is 5.69 Å². The molecule has 3 aromatic rings. The average molecular weight is 263 g/mol. The van der Waals surface area contributed by atoms with Crippen molar-refractivity contribution in [2.75, 3.05) is 5.43 Å². The van der Waals surface area contributed by atoms with Gasteiger partial charge in [-0.25, -0.2) is 0 Å². The fourth-order valence-corrected chi connectivity index (χ4v) is 2.02. The van der Waals surface area contributed by atoms with Gasteiger partial charge in [-0.3, -0.25) is 20.6 Å². The normalized spacial score (nSPS) is 10.2. The Labute approximate surface area is 116 Å². The van der Waals surface area contributed by atoms with E-state index in [9.17, 15) is 4.79 Å². The molecular formula is C16H13N3O. The Bertz CT molecular complexity index is 736. The number of nitrogens with one attached hydrogen (secondary N) is 2. The third-order valence-electron chi connectivity index (χ3n) is 3.00. The fraction of sp³-hybridized carbons (Fsp3) is 0. The molecule has 0 atom stereocenters. The average Bonchev–Trinajstić information content (AvgIpc) is 2.53. The first-order valence-corrected chi connectivity index (χ1v) is 6.30. The molecule has 4 heteroatoms. The maximum atomic E-state index is 11.9. The molecule has 1 aromatic heterocycles. The minimum Gasteiger partial charge on any atom is -0.298 e. The second-order valence-electron chi connectivity index (χ2n) is 4.32. The SMILES string of the molecule is O=C(NNc1cccc2ccccc12)c1ccccn1. The molecule has 0 radical (unpaired) electrons. The molecule has 0 spiro atoms. The van der Waals surface area contributed by atoms with Crippen LogP contribution in [0.25, 0.3) is 10.8 Å². The molecule has 4 nitrogen and oxygen atoms in total. The Morgan fingerprint density at radius 1 is 0.900 bits per heavy atom. The number of hydrazine groups is 1. The van der Waals surface area contributed by atoms with Gasteiger partial charge in [0.25, 0.3) is 5.91 Å². The summed E-state index contributed by atoms with van der Waals surface area (Å²) in [5.41, 5.74) is 6.83. The van der Waals surface area contributed by atoms with Crippen LogP contribution in [0.15, 0.2) is 66.9 Å². The number of aromatic nitrogens is 1. The molecule has 0 aliphatic carbocycles. The van der Waals surface area contributed by atoms with Crippen molar-refractivity contribution in [2.45, 2.75) is 0 Å². The van der Waals surface area contributed by atoms with Gasteiger partial charge in [0.15, 0.2) is 0 Å². The molecule has 0 fully saturated rings. The van der Waals surface area contributed by atoms with Crippen molar-refractivity contribution in [3.05, 3.63) is 72.6 Å². The van der Waals surface area contributed by atoms with Gasteiger partial charge < -0.3 is 0 Å². The van der Waals surface area contributed by atoms with E-state index in [2.05, 4.69) is 15.8 Å². The molecule has 2 N–H and O–H groups in total. The highest BCUT2D eigenvalue weighted by Crippen LogP contribution is 2.22. The van der Waals surface area contributed by atoms with Crippen molar-refractivity contribution in [3.8, 4) is 0 Å². The first-order chi connectivity index (χ1) is 9.84. The summed E-state index contributed by atoms with van der Waals surface area (Å²) in [5.74, 6) is -0.265. The molecule has 1 amide bonds. The summed E-state index contributed by atoms with van der Waals surface area (Å²) in [5, 5.41) is 2.17. The van der Waals surface area contributed by atoms with E-state index in [1.165, 1.54) is 0 Å². The van der Waals surface area contributed by atoms with Gasteiger partial charge in [0, 0.05) is 11.6 Å². The third kappa shape index (κ3) is 2.44. The van der Waals surface area contributed by atoms with E-state index in [1.807, 2.05) is 42.5 Å². The van der Waals surface area contributed by atoms with Gasteiger partial charge in [0.2, 0.25) is 0 Å². The Kier molecular flexibility index (Phi) is 3.29. The maximum Gasteiger partial charge on any atom is 0.288 e. The van der Waals surface area contributed by atoms with Crippen molar-refractivity contribution < 1.29 is 4.79 Å². The summed E-state index contributed by atoms with van der Waals surface area (Å²) < 4.78 is 0. The summed E-state index contributed by atoms with van der Waals surface area (Å²) in [7, 11) is 0. The molecule has 3 rings (SSSR count). The van der Waals surface area contributed by atoms with Crippen LogP contribution in [0.2, 0.25) is 0 Å². The van der Waals surface area contributed by atoms with Crippen molar-refractivity contribution >= 4 is 22.4 Å². The second kappa shape index (κ2) is 5.40. The Morgan fingerprint density at radius 3 is 2.55 bits per heavy atom. The van der Waals surface area contributed by atoms with Gasteiger partial charge >= 0.3 is 0 Å². The van der Waals surface area contributed by atoms with Gasteiger partial charge in [-0.2, -0.15) is 0 Å². The van der Waals surface area contributed by atoms with Gasteiger partial charge in [0.1, 0.15) is 5.69 Å². The highest BCUT2D eigenvalue weighted by atomic mass is 16.2. The number of nitrogens with zero attached hydrogens (tertiary/aromatic N) is 1. The van der Waals surface area contributed by atoms with E-state index in [0.29, 0.717) is 5.69 Å². The van der Waals surface area contributed by atoms with E-state index in [1.54, 1.807) is 24.4 Å². The Balaban J connectivity index is 1.79. The number of anilines is 1. The molecule has 0 saturated carbocycles. The highest BCUT2D eigenvalue weighted by molar-refractivity contribution is 5.96. The second-order valence-corrected chi connectivity index (χ2v) is 4.32. The minimum absolute atomic E-state index is 0.265. The van der Waals surface area contributed by atoms with Gasteiger partial charge in [-0.15, -0.1) is 0 Å². The van der Waals surface area contributed by atoms with Gasteiger partial charge in [0.05, 0.1) is 5.69 Å². The van der Waals surface area contributed by atoms with Crippen LogP contribution in [0, 0.1) is 0 Å². The van der Waals surface area contributed by atoms with Crippen LogP contribution in [0.3, 0.4) is 0 Å². The zero-order valence-electron chi connectivity index (χ0n) is 10.7. The summed E-state index contributed by atoms with van der Waals surface area (Å²) in [6.45, 7) is 0. The predicted molar refractivity (Wildman–Crippen MR) is 79.3 cm³/mol. The summed E-state index contributed by atoms with van der Waals surface area (Å²) in [6.07, 6.45) is 1.59. The molecule has 0 unspecified atom stereocenters. The van der Waals surface area contributed by atoms with Crippen molar-refractivity contribution in [1.82, 2.24) is 10.4 Å². The minimum atomic E-state index is -0.265. The lowest BCUT2D eigenvalue weighted by molar-refractivity contribution is 0.0958. The van der Waals surface area contributed by atoms with Gasteiger partial charge in [-0.05, 0) is 23.6 Å². The van der Waals surface area contributed by atoms with Crippen LogP contribution in [-0.4, -0.2) is 10.9 Å². The molecule has 0 aliphatic heterocycles. The summed E-state index contributed by atoms with van der Waals surface area (Å²) in [4.78, 5) is 15.9. The molecule has 2 aromatic carbocycles. The van der Waals surface area contributed by atoms with Crippen LogP contribution in [0.5, 0.6) is 0 Å². The maximum absolute atomic E-state index is 11.9. The van der Waals surface area contributed by atoms with E-state index in [4.69, 9.17) is 0 Å². The van der Waals surface area contributed by atoms with E-state index in [-0.39, 0.29) is 5.91 Å². The topological polar surface area (TPSA) is 54.0 Å². The van der Waals surface area contributed by atoms with Crippen LogP contribution < -0.4 is 10.9 Å². The predicted octanol–water partition coefficient (Wildman–Crippen LogP) is 2.99. The quantitative estimate of drug-likeness (QED) is 0.714. The number of benzene rings is 2. The molecule has 0 saturated heterocycles. The molecule has 0 aliphatic rings. The van der Waals surface area contributed by atoms with Crippen molar-refractivity contribution in [1.29, 1.82) is 0 Å². The van der Waals surface area contributed by atoms with E-state index < -0.39 is 0 Å². The van der Waals surface area contributed by atoms with E-state index >= 15 is 0 Å². The van der Waals surface area contributed by atoms with E-state index in [0.717, 1.165) is 16.5 Å². The summed E-state index contributed by atoms with van der Waals surface area (Å²) in [6, 6.07) is 19.1. The van der Waals surface area contributed by atoms with Crippen molar-refractivity contribution in [3.63, 3.8) is 0 Å². The smallest absolute Gasteiger partial charge is 0.288 e. The standard InChI is InChI=1S/C16H13N3O/c20-16(15-9-3-4-11-17-15)19-18-14-10-5-7-12-6-1-2-8-13(12)14/h1-11,18H,(H,19,20). The van der Waals surface area contributed by atoms with Crippen LogP contribution >= 0.6 is 0 Å². The Morgan fingerprint density at radius 2 is 1.70 bits per heavy atom. The van der Waals surface area contributed by atoms with Gasteiger partial charge in [-0.1, -0.05) is 42.5 Å². The molecule has 98 valence electrons. The molecule has 20 heavy (non-hydrogen) atoms. The zero-order chi connectivity index (χ0) is 13.8.